The topological polar surface area (TPSA) is 134 Å². The maximum absolute atomic E-state index is 13.3. The molecule has 3 atom stereocenters. The van der Waals surface area contributed by atoms with Crippen molar-refractivity contribution in [2.45, 2.75) is 44.1 Å². The van der Waals surface area contributed by atoms with E-state index in [0.717, 1.165) is 12.1 Å². The average Bonchev–Trinajstić information content (AvgIpc) is 3.22. The molecule has 3 aliphatic rings. The molecule has 2 amide bonds. The second kappa shape index (κ2) is 10.6. The first kappa shape index (κ1) is 27.3. The van der Waals surface area contributed by atoms with E-state index in [1.165, 1.54) is 25.6 Å². The number of nitrogens with zero attached hydrogens (tertiary/aromatic N) is 4. The molecule has 2 N–H and O–H groups in total. The summed E-state index contributed by atoms with van der Waals surface area (Å²) in [5, 5.41) is 21.7. The number of alkyl halides is 3. The summed E-state index contributed by atoms with van der Waals surface area (Å²) in [6, 6.07) is 5.39. The zero-order chi connectivity index (χ0) is 27.0. The predicted octanol–water partition coefficient (Wildman–Crippen LogP) is 0.696. The molecule has 0 spiro atoms. The Kier molecular flexibility index (Phi) is 7.80. The fourth-order valence-electron chi connectivity index (χ4n) is 4.88. The number of β-amino-alcohol motifs (C(OH)–C–C–N with tert-alkyl or cyclic N) is 1. The maximum atomic E-state index is 13.3. The van der Waals surface area contributed by atoms with Gasteiger partial charge in [-0.15, -0.1) is 0 Å². The van der Waals surface area contributed by atoms with E-state index in [1.54, 1.807) is 0 Å². The predicted molar refractivity (Wildman–Crippen MR) is 123 cm³/mol. The van der Waals surface area contributed by atoms with Gasteiger partial charge in [0, 0.05) is 45.7 Å². The van der Waals surface area contributed by atoms with E-state index in [1.807, 2.05) is 6.07 Å². The summed E-state index contributed by atoms with van der Waals surface area (Å²) in [5.74, 6) is -2.00. The lowest BCUT2D eigenvalue weighted by atomic mass is 9.97. The van der Waals surface area contributed by atoms with Gasteiger partial charge < -0.3 is 15.3 Å². The summed E-state index contributed by atoms with van der Waals surface area (Å²) in [4.78, 5) is 27.5. The second-order valence-corrected chi connectivity index (χ2v) is 11.6. The van der Waals surface area contributed by atoms with E-state index in [0.29, 0.717) is 18.4 Å². The van der Waals surface area contributed by atoms with Gasteiger partial charge >= 0.3 is 6.18 Å². The minimum Gasteiger partial charge on any atom is -0.391 e. The molecular weight excluding hydrogens is 515 g/mol. The number of amides is 2. The van der Waals surface area contributed by atoms with Crippen molar-refractivity contribution in [2.75, 3.05) is 32.7 Å². The van der Waals surface area contributed by atoms with Gasteiger partial charge in [-0.3, -0.25) is 9.59 Å². The number of rotatable bonds is 6. The molecule has 3 fully saturated rings. The highest BCUT2D eigenvalue weighted by Crippen LogP contribution is 2.30. The number of aliphatic hydroxyl groups is 1. The summed E-state index contributed by atoms with van der Waals surface area (Å²) >= 11 is 0. The zero-order valence-corrected chi connectivity index (χ0v) is 20.7. The number of hydrogen-bond acceptors (Lipinski definition) is 6. The molecule has 37 heavy (non-hydrogen) atoms. The summed E-state index contributed by atoms with van der Waals surface area (Å²) in [6.07, 6.45) is -4.52. The van der Waals surface area contributed by atoms with Crippen LogP contribution in [0.3, 0.4) is 0 Å². The number of piperidine rings is 1. The smallest absolute Gasteiger partial charge is 0.391 e. The Morgan fingerprint density at radius 3 is 2.41 bits per heavy atom. The van der Waals surface area contributed by atoms with Crippen LogP contribution in [-0.4, -0.2) is 83.7 Å². The third-order valence-electron chi connectivity index (χ3n) is 7.03. The van der Waals surface area contributed by atoms with Gasteiger partial charge in [-0.05, 0) is 30.5 Å². The number of aliphatic hydroxyl groups excluding tert-OH is 1. The summed E-state index contributed by atoms with van der Waals surface area (Å²) in [6.45, 7) is 0.304. The molecule has 3 heterocycles. The molecule has 1 aromatic carbocycles. The van der Waals surface area contributed by atoms with Crippen LogP contribution in [0.5, 0.6) is 0 Å². The lowest BCUT2D eigenvalue weighted by Crippen LogP contribution is -2.57. The number of hydrogen-bond donors (Lipinski definition) is 2. The van der Waals surface area contributed by atoms with E-state index in [2.05, 4.69) is 5.32 Å². The van der Waals surface area contributed by atoms with Crippen LogP contribution in [0.15, 0.2) is 24.3 Å². The first-order chi connectivity index (χ1) is 17.4. The molecule has 0 radical (unpaired) electrons. The van der Waals surface area contributed by atoms with Crippen molar-refractivity contribution in [1.29, 1.82) is 5.26 Å². The Balaban J connectivity index is 1.37. The number of carbonyl (C=O) groups excluding carboxylic acids is 2. The highest BCUT2D eigenvalue weighted by molar-refractivity contribution is 7.86. The number of nitriles is 1. The third-order valence-corrected chi connectivity index (χ3v) is 8.96. The second-order valence-electron chi connectivity index (χ2n) is 9.66. The summed E-state index contributed by atoms with van der Waals surface area (Å²) in [7, 11) is -3.80. The molecule has 14 heteroatoms. The van der Waals surface area contributed by atoms with Crippen LogP contribution >= 0.6 is 0 Å². The quantitative estimate of drug-likeness (QED) is 0.543. The fraction of sp³-hybridized carbons (Fsp3) is 0.609. The Hall–Kier alpha value is -2.73. The van der Waals surface area contributed by atoms with Crippen LogP contribution in [0.4, 0.5) is 13.2 Å². The van der Waals surface area contributed by atoms with Gasteiger partial charge in [0.1, 0.15) is 6.04 Å². The highest BCUT2D eigenvalue weighted by Gasteiger charge is 2.45. The van der Waals surface area contributed by atoms with Gasteiger partial charge in [-0.25, -0.2) is 0 Å². The summed E-state index contributed by atoms with van der Waals surface area (Å²) < 4.78 is 66.5. The maximum Gasteiger partial charge on any atom is 0.416 e. The minimum absolute atomic E-state index is 0.00262. The number of nitrogens with one attached hydrogen (secondary N) is 1. The van der Waals surface area contributed by atoms with Gasteiger partial charge in [0.2, 0.25) is 11.8 Å². The summed E-state index contributed by atoms with van der Waals surface area (Å²) in [5.41, 5.74) is -0.365. The molecule has 0 aliphatic carbocycles. The first-order valence-corrected chi connectivity index (χ1v) is 13.4. The van der Waals surface area contributed by atoms with Crippen molar-refractivity contribution in [3.8, 4) is 6.07 Å². The molecule has 202 valence electrons. The van der Waals surface area contributed by atoms with Gasteiger partial charge in [0.15, 0.2) is 0 Å². The standard InChI is InChI=1S/C23H28F3N5O5S/c24-23(25,26)18-5-3-15(4-6-18)10-28-21(33)20-8-19(32)14-31(20)22(34)17-2-1-7-29(13-17)37(35,36)30-11-16(9-27)12-30/h3-6,16-17,19-20,32H,1-2,7-8,10-14H2,(H,28,33)/t17-,19+,20+/m0/s1. The highest BCUT2D eigenvalue weighted by atomic mass is 32.2. The molecule has 10 nitrogen and oxygen atoms in total. The third kappa shape index (κ3) is 5.90. The van der Waals surface area contributed by atoms with Crippen molar-refractivity contribution in [3.05, 3.63) is 35.4 Å². The number of halogens is 3. The molecule has 0 unspecified atom stereocenters. The minimum atomic E-state index is -4.47. The molecular formula is C23H28F3N5O5S. The van der Waals surface area contributed by atoms with Crippen molar-refractivity contribution < 1.29 is 36.3 Å². The lowest BCUT2D eigenvalue weighted by Gasteiger charge is -2.41. The molecule has 1 aromatic rings. The van der Waals surface area contributed by atoms with Crippen LogP contribution in [0.2, 0.25) is 0 Å². The van der Waals surface area contributed by atoms with Crippen molar-refractivity contribution in [2.24, 2.45) is 11.8 Å². The van der Waals surface area contributed by atoms with E-state index >= 15 is 0 Å². The largest absolute Gasteiger partial charge is 0.416 e. The molecule has 0 saturated carbocycles. The number of benzene rings is 1. The molecule has 0 bridgehead atoms. The molecule has 0 aromatic heterocycles. The molecule has 4 rings (SSSR count). The van der Waals surface area contributed by atoms with E-state index < -0.39 is 51.8 Å². The number of likely N-dealkylation sites (tertiary alicyclic amines) is 1. The van der Waals surface area contributed by atoms with Gasteiger partial charge in [-0.1, -0.05) is 12.1 Å². The van der Waals surface area contributed by atoms with E-state index in [9.17, 15) is 36.3 Å². The van der Waals surface area contributed by atoms with Crippen molar-refractivity contribution in [3.63, 3.8) is 0 Å². The Morgan fingerprint density at radius 2 is 1.78 bits per heavy atom. The van der Waals surface area contributed by atoms with Crippen molar-refractivity contribution in [1.82, 2.24) is 18.8 Å². The fourth-order valence-corrected chi connectivity index (χ4v) is 6.68. The van der Waals surface area contributed by atoms with Crippen LogP contribution in [0.25, 0.3) is 0 Å². The Morgan fingerprint density at radius 1 is 1.11 bits per heavy atom. The SMILES string of the molecule is N#CC1CN(S(=O)(=O)N2CCC[C@H](C(=O)N3C[C@H](O)C[C@@H]3C(=O)NCc3ccc(C(F)(F)F)cc3)C2)C1. The Labute approximate surface area is 212 Å². The van der Waals surface area contributed by atoms with Crippen LogP contribution < -0.4 is 5.32 Å². The molecule has 3 saturated heterocycles. The number of carbonyl (C=O) groups is 2. The zero-order valence-electron chi connectivity index (χ0n) is 19.9. The van der Waals surface area contributed by atoms with Gasteiger partial charge in [0.25, 0.3) is 10.2 Å². The van der Waals surface area contributed by atoms with Crippen molar-refractivity contribution >= 4 is 22.0 Å². The van der Waals surface area contributed by atoms with Gasteiger partial charge in [0.05, 0.1) is 29.6 Å². The molecule has 3 aliphatic heterocycles. The van der Waals surface area contributed by atoms with E-state index in [-0.39, 0.29) is 51.6 Å². The van der Waals surface area contributed by atoms with E-state index in [4.69, 9.17) is 5.26 Å². The van der Waals surface area contributed by atoms with Crippen LogP contribution in [0, 0.1) is 23.2 Å². The first-order valence-electron chi connectivity index (χ1n) is 12.0. The van der Waals surface area contributed by atoms with Crippen LogP contribution in [-0.2, 0) is 32.5 Å². The van der Waals surface area contributed by atoms with Gasteiger partial charge in [-0.2, -0.15) is 35.5 Å². The monoisotopic (exact) mass is 543 g/mol. The average molecular weight is 544 g/mol. The normalized spacial score (nSPS) is 25.9. The van der Waals surface area contributed by atoms with Crippen LogP contribution in [0.1, 0.15) is 30.4 Å². The lowest BCUT2D eigenvalue weighted by molar-refractivity contribution is -0.142. The Bertz CT molecular complexity index is 1160.